The Bertz CT molecular complexity index is 853. The largest absolute Gasteiger partial charge is 0.376 e. The highest BCUT2D eigenvalue weighted by Gasteiger charge is 2.28. The molecule has 1 N–H and O–H groups in total. The smallest absolute Gasteiger partial charge is 0.217 e. The molecule has 1 fully saturated rings. The Kier molecular flexibility index (Phi) is 4.92. The second-order valence-electron chi connectivity index (χ2n) is 6.68. The molecule has 4 heterocycles. The van der Waals surface area contributed by atoms with Crippen molar-refractivity contribution in [2.75, 3.05) is 24.6 Å². The maximum absolute atomic E-state index is 12.6. The SMILES string of the molecule is O=S(=O)(Cc1noc2c1COCC2)NC1CCCN(c2ccccn2)C1. The van der Waals surface area contributed by atoms with E-state index in [1.807, 2.05) is 18.2 Å². The van der Waals surface area contributed by atoms with Crippen molar-refractivity contribution in [3.63, 3.8) is 0 Å². The van der Waals surface area contributed by atoms with Gasteiger partial charge in [-0.15, -0.1) is 0 Å². The zero-order valence-electron chi connectivity index (χ0n) is 14.4. The summed E-state index contributed by atoms with van der Waals surface area (Å²) in [5.41, 5.74) is 1.23. The molecule has 0 amide bonds. The number of nitrogens with one attached hydrogen (secondary N) is 1. The van der Waals surface area contributed by atoms with E-state index >= 15 is 0 Å². The van der Waals surface area contributed by atoms with Crippen LogP contribution in [0.3, 0.4) is 0 Å². The van der Waals surface area contributed by atoms with Crippen LogP contribution in [0.15, 0.2) is 28.9 Å². The summed E-state index contributed by atoms with van der Waals surface area (Å²) in [7, 11) is -3.52. The Morgan fingerprint density at radius 2 is 2.27 bits per heavy atom. The molecule has 1 atom stereocenters. The van der Waals surface area contributed by atoms with E-state index in [1.165, 1.54) is 0 Å². The van der Waals surface area contributed by atoms with Crippen LogP contribution in [0.25, 0.3) is 0 Å². The Hall–Kier alpha value is -1.97. The molecule has 2 aliphatic heterocycles. The van der Waals surface area contributed by atoms with Gasteiger partial charge in [-0.25, -0.2) is 18.1 Å². The van der Waals surface area contributed by atoms with Gasteiger partial charge in [0.25, 0.3) is 0 Å². The zero-order chi connectivity index (χ0) is 18.0. The standard InChI is InChI=1S/C17H22N4O4S/c22-26(23,12-15-14-11-24-9-6-16(14)25-19-15)20-13-4-3-8-21(10-13)17-5-1-2-7-18-17/h1-2,5,7,13,20H,3-4,6,8-12H2. The van der Waals surface area contributed by atoms with Crippen LogP contribution in [0.1, 0.15) is 29.9 Å². The molecule has 26 heavy (non-hydrogen) atoms. The molecule has 0 bridgehead atoms. The first kappa shape index (κ1) is 17.4. The van der Waals surface area contributed by atoms with Gasteiger partial charge in [0.05, 0.1) is 13.2 Å². The quantitative estimate of drug-likeness (QED) is 0.836. The summed E-state index contributed by atoms with van der Waals surface area (Å²) in [5, 5.41) is 3.94. The van der Waals surface area contributed by atoms with E-state index in [4.69, 9.17) is 9.26 Å². The molecule has 8 nitrogen and oxygen atoms in total. The molecule has 0 spiro atoms. The minimum Gasteiger partial charge on any atom is -0.376 e. The lowest BCUT2D eigenvalue weighted by atomic mass is 10.1. The third-order valence-corrected chi connectivity index (χ3v) is 6.08. The van der Waals surface area contributed by atoms with E-state index in [0.29, 0.717) is 31.9 Å². The van der Waals surface area contributed by atoms with Gasteiger partial charge in [0.2, 0.25) is 10.0 Å². The number of sulfonamides is 1. The number of nitrogens with zero attached hydrogens (tertiary/aromatic N) is 3. The minimum atomic E-state index is -3.52. The second-order valence-corrected chi connectivity index (χ2v) is 8.44. The molecule has 4 rings (SSSR count). The van der Waals surface area contributed by atoms with Crippen molar-refractivity contribution in [3.8, 4) is 0 Å². The Morgan fingerprint density at radius 3 is 3.12 bits per heavy atom. The fourth-order valence-corrected chi connectivity index (χ4v) is 4.86. The van der Waals surface area contributed by atoms with E-state index in [2.05, 4.69) is 19.8 Å². The van der Waals surface area contributed by atoms with Gasteiger partial charge in [0.15, 0.2) is 0 Å². The number of aromatic nitrogens is 2. The summed E-state index contributed by atoms with van der Waals surface area (Å²) >= 11 is 0. The average Bonchev–Trinajstić information content (AvgIpc) is 3.05. The lowest BCUT2D eigenvalue weighted by molar-refractivity contribution is 0.102. The summed E-state index contributed by atoms with van der Waals surface area (Å²) in [5.74, 6) is 1.43. The number of rotatable bonds is 5. The highest BCUT2D eigenvalue weighted by atomic mass is 32.2. The molecular weight excluding hydrogens is 356 g/mol. The van der Waals surface area contributed by atoms with Gasteiger partial charge in [-0.2, -0.15) is 0 Å². The number of hydrogen-bond acceptors (Lipinski definition) is 7. The van der Waals surface area contributed by atoms with Gasteiger partial charge in [-0.3, -0.25) is 0 Å². The fraction of sp³-hybridized carbons (Fsp3) is 0.529. The molecule has 2 aromatic rings. The lowest BCUT2D eigenvalue weighted by Crippen LogP contribution is -2.48. The number of pyridine rings is 1. The highest BCUT2D eigenvalue weighted by molar-refractivity contribution is 7.88. The van der Waals surface area contributed by atoms with E-state index in [1.54, 1.807) is 6.20 Å². The molecule has 0 radical (unpaired) electrons. The third kappa shape index (κ3) is 3.89. The maximum atomic E-state index is 12.6. The van der Waals surface area contributed by atoms with E-state index in [0.717, 1.165) is 36.5 Å². The van der Waals surface area contributed by atoms with Crippen LogP contribution in [-0.4, -0.2) is 44.3 Å². The van der Waals surface area contributed by atoms with Gasteiger partial charge < -0.3 is 14.2 Å². The Morgan fingerprint density at radius 1 is 1.35 bits per heavy atom. The summed E-state index contributed by atoms with van der Waals surface area (Å²) in [4.78, 5) is 6.47. The van der Waals surface area contributed by atoms with Gasteiger partial charge in [-0.05, 0) is 25.0 Å². The van der Waals surface area contributed by atoms with Crippen molar-refractivity contribution in [1.82, 2.24) is 14.9 Å². The Balaban J connectivity index is 1.42. The third-order valence-electron chi connectivity index (χ3n) is 4.74. The minimum absolute atomic E-state index is 0.144. The van der Waals surface area contributed by atoms with Crippen LogP contribution in [0.2, 0.25) is 0 Å². The maximum Gasteiger partial charge on any atom is 0.217 e. The van der Waals surface area contributed by atoms with Gasteiger partial charge >= 0.3 is 0 Å². The van der Waals surface area contributed by atoms with Crippen LogP contribution in [-0.2, 0) is 33.5 Å². The predicted molar refractivity (Wildman–Crippen MR) is 95.1 cm³/mol. The van der Waals surface area contributed by atoms with Crippen molar-refractivity contribution in [2.24, 2.45) is 0 Å². The molecule has 0 aromatic carbocycles. The van der Waals surface area contributed by atoms with E-state index < -0.39 is 10.0 Å². The molecule has 0 aliphatic carbocycles. The highest BCUT2D eigenvalue weighted by Crippen LogP contribution is 2.23. The lowest BCUT2D eigenvalue weighted by Gasteiger charge is -2.33. The number of ether oxygens (including phenoxy) is 1. The van der Waals surface area contributed by atoms with Crippen molar-refractivity contribution in [3.05, 3.63) is 41.4 Å². The molecule has 140 valence electrons. The molecule has 9 heteroatoms. The molecule has 0 saturated carbocycles. The van der Waals surface area contributed by atoms with Crippen molar-refractivity contribution in [2.45, 2.75) is 37.7 Å². The van der Waals surface area contributed by atoms with Gasteiger partial charge in [0, 0.05) is 37.3 Å². The fourth-order valence-electron chi connectivity index (χ4n) is 3.49. The number of piperidine rings is 1. The first-order valence-corrected chi connectivity index (χ1v) is 10.5. The van der Waals surface area contributed by atoms with Gasteiger partial charge in [0.1, 0.15) is 23.0 Å². The first-order chi connectivity index (χ1) is 12.6. The van der Waals surface area contributed by atoms with Crippen LogP contribution >= 0.6 is 0 Å². The summed E-state index contributed by atoms with van der Waals surface area (Å²) in [6.07, 6.45) is 4.11. The van der Waals surface area contributed by atoms with Crippen molar-refractivity contribution in [1.29, 1.82) is 0 Å². The van der Waals surface area contributed by atoms with Crippen molar-refractivity contribution >= 4 is 15.8 Å². The zero-order valence-corrected chi connectivity index (χ0v) is 15.2. The Labute approximate surface area is 152 Å². The molecule has 2 aliphatic rings. The average molecular weight is 378 g/mol. The number of anilines is 1. The van der Waals surface area contributed by atoms with Crippen LogP contribution in [0, 0.1) is 0 Å². The second kappa shape index (κ2) is 7.34. The topological polar surface area (TPSA) is 97.6 Å². The predicted octanol–water partition coefficient (Wildman–Crippen LogP) is 1.23. The van der Waals surface area contributed by atoms with Gasteiger partial charge in [-0.1, -0.05) is 11.2 Å². The summed E-state index contributed by atoms with van der Waals surface area (Å²) in [6, 6.07) is 5.61. The number of fused-ring (bicyclic) bond motifs is 1. The van der Waals surface area contributed by atoms with Crippen molar-refractivity contribution < 1.29 is 17.7 Å². The summed E-state index contributed by atoms with van der Waals surface area (Å²) < 4.78 is 38.7. The molecular formula is C17H22N4O4S. The monoisotopic (exact) mass is 378 g/mol. The number of hydrogen-bond donors (Lipinski definition) is 1. The molecule has 2 aromatic heterocycles. The van der Waals surface area contributed by atoms with Crippen LogP contribution < -0.4 is 9.62 Å². The van der Waals surface area contributed by atoms with E-state index in [9.17, 15) is 8.42 Å². The first-order valence-electron chi connectivity index (χ1n) is 8.81. The summed E-state index contributed by atoms with van der Waals surface area (Å²) in [6.45, 7) is 2.43. The molecule has 1 saturated heterocycles. The normalized spacial score (nSPS) is 20.8. The van der Waals surface area contributed by atoms with Crippen LogP contribution in [0.4, 0.5) is 5.82 Å². The van der Waals surface area contributed by atoms with E-state index in [-0.39, 0.29) is 11.8 Å². The molecule has 1 unspecified atom stereocenters. The van der Waals surface area contributed by atoms with Crippen LogP contribution in [0.5, 0.6) is 0 Å².